The zero-order valence-corrected chi connectivity index (χ0v) is 9.62. The SMILES string of the molecule is O=C(O)c1ccc2c(-n3cccn3)ccc(F)c2n1. The molecule has 3 rings (SSSR count). The monoisotopic (exact) mass is 257 g/mol. The Kier molecular flexibility index (Phi) is 2.49. The highest BCUT2D eigenvalue weighted by molar-refractivity contribution is 5.93. The van der Waals surface area contributed by atoms with Gasteiger partial charge in [0.25, 0.3) is 0 Å². The number of nitrogens with zero attached hydrogens (tertiary/aromatic N) is 3. The Morgan fingerprint density at radius 1 is 1.26 bits per heavy atom. The lowest BCUT2D eigenvalue weighted by atomic mass is 10.1. The molecular formula is C13H8FN3O2. The van der Waals surface area contributed by atoms with E-state index in [2.05, 4.69) is 10.1 Å². The third-order valence-electron chi connectivity index (χ3n) is 2.76. The highest BCUT2D eigenvalue weighted by Gasteiger charge is 2.12. The van der Waals surface area contributed by atoms with Crippen molar-refractivity contribution in [2.75, 3.05) is 0 Å². The first kappa shape index (κ1) is 11.3. The van der Waals surface area contributed by atoms with E-state index in [4.69, 9.17) is 5.11 Å². The Hall–Kier alpha value is -2.76. The van der Waals surface area contributed by atoms with E-state index < -0.39 is 11.8 Å². The highest BCUT2D eigenvalue weighted by Crippen LogP contribution is 2.23. The number of fused-ring (bicyclic) bond motifs is 1. The number of hydrogen-bond donors (Lipinski definition) is 1. The van der Waals surface area contributed by atoms with Crippen LogP contribution in [-0.4, -0.2) is 25.8 Å². The molecule has 0 aliphatic carbocycles. The number of benzene rings is 1. The van der Waals surface area contributed by atoms with Gasteiger partial charge in [0.1, 0.15) is 17.0 Å². The van der Waals surface area contributed by atoms with Crippen LogP contribution in [0.15, 0.2) is 42.7 Å². The Balaban J connectivity index is 2.32. The average molecular weight is 257 g/mol. The zero-order valence-electron chi connectivity index (χ0n) is 9.62. The summed E-state index contributed by atoms with van der Waals surface area (Å²) >= 11 is 0. The molecule has 0 radical (unpaired) electrons. The topological polar surface area (TPSA) is 68.0 Å². The summed E-state index contributed by atoms with van der Waals surface area (Å²) in [5, 5.41) is 13.5. The Labute approximate surface area is 106 Å². The van der Waals surface area contributed by atoms with Crippen molar-refractivity contribution in [1.82, 2.24) is 14.8 Å². The fourth-order valence-corrected chi connectivity index (χ4v) is 1.90. The number of aromatic carboxylic acids is 1. The van der Waals surface area contributed by atoms with Crippen LogP contribution in [0.2, 0.25) is 0 Å². The van der Waals surface area contributed by atoms with Gasteiger partial charge in [0.15, 0.2) is 0 Å². The normalized spacial score (nSPS) is 10.8. The largest absolute Gasteiger partial charge is 0.477 e. The summed E-state index contributed by atoms with van der Waals surface area (Å²) in [6.45, 7) is 0. The van der Waals surface area contributed by atoms with Gasteiger partial charge in [-0.1, -0.05) is 0 Å². The van der Waals surface area contributed by atoms with Crippen LogP contribution in [0.4, 0.5) is 4.39 Å². The molecule has 2 aromatic heterocycles. The van der Waals surface area contributed by atoms with Gasteiger partial charge in [0, 0.05) is 17.8 Å². The number of halogens is 1. The fourth-order valence-electron chi connectivity index (χ4n) is 1.90. The van der Waals surface area contributed by atoms with Crippen LogP contribution in [0.25, 0.3) is 16.6 Å². The minimum Gasteiger partial charge on any atom is -0.477 e. The van der Waals surface area contributed by atoms with Gasteiger partial charge in [-0.2, -0.15) is 5.10 Å². The van der Waals surface area contributed by atoms with Gasteiger partial charge in [-0.15, -0.1) is 0 Å². The molecule has 2 heterocycles. The molecule has 0 fully saturated rings. The van der Waals surface area contributed by atoms with E-state index in [1.165, 1.54) is 18.2 Å². The molecule has 0 unspecified atom stereocenters. The van der Waals surface area contributed by atoms with Crippen molar-refractivity contribution < 1.29 is 14.3 Å². The second-order valence-corrected chi connectivity index (χ2v) is 3.91. The molecule has 94 valence electrons. The van der Waals surface area contributed by atoms with E-state index in [9.17, 15) is 9.18 Å². The first-order valence-corrected chi connectivity index (χ1v) is 5.49. The molecule has 6 heteroatoms. The summed E-state index contributed by atoms with van der Waals surface area (Å²) in [6.07, 6.45) is 3.33. The molecule has 0 aliphatic rings. The van der Waals surface area contributed by atoms with E-state index in [-0.39, 0.29) is 11.2 Å². The Bertz CT molecular complexity index is 769. The van der Waals surface area contributed by atoms with Gasteiger partial charge >= 0.3 is 5.97 Å². The summed E-state index contributed by atoms with van der Waals surface area (Å²) in [4.78, 5) is 14.7. The summed E-state index contributed by atoms with van der Waals surface area (Å²) in [5.74, 6) is -1.75. The second kappa shape index (κ2) is 4.16. The summed E-state index contributed by atoms with van der Waals surface area (Å²) < 4.78 is 15.3. The Morgan fingerprint density at radius 2 is 2.11 bits per heavy atom. The van der Waals surface area contributed by atoms with Crippen molar-refractivity contribution >= 4 is 16.9 Å². The molecule has 1 aromatic carbocycles. The van der Waals surface area contributed by atoms with Gasteiger partial charge in [-0.05, 0) is 30.3 Å². The van der Waals surface area contributed by atoms with Gasteiger partial charge < -0.3 is 5.11 Å². The lowest BCUT2D eigenvalue weighted by Crippen LogP contribution is -2.03. The number of carboxylic acids is 1. The van der Waals surface area contributed by atoms with Crippen molar-refractivity contribution in [3.8, 4) is 5.69 Å². The van der Waals surface area contributed by atoms with Crippen molar-refractivity contribution in [1.29, 1.82) is 0 Å². The van der Waals surface area contributed by atoms with Crippen molar-refractivity contribution in [3.63, 3.8) is 0 Å². The van der Waals surface area contributed by atoms with Crippen LogP contribution >= 0.6 is 0 Å². The maximum Gasteiger partial charge on any atom is 0.354 e. The van der Waals surface area contributed by atoms with Crippen LogP contribution < -0.4 is 0 Å². The molecule has 0 spiro atoms. The van der Waals surface area contributed by atoms with Gasteiger partial charge in [0.2, 0.25) is 0 Å². The molecule has 0 amide bonds. The first-order valence-electron chi connectivity index (χ1n) is 5.49. The molecule has 5 nitrogen and oxygen atoms in total. The number of carboxylic acid groups (broad SMARTS) is 1. The minimum atomic E-state index is -1.19. The van der Waals surface area contributed by atoms with Crippen LogP contribution in [-0.2, 0) is 0 Å². The lowest BCUT2D eigenvalue weighted by Gasteiger charge is -2.07. The average Bonchev–Trinajstić information content (AvgIpc) is 2.92. The van der Waals surface area contributed by atoms with Crippen molar-refractivity contribution in [2.24, 2.45) is 0 Å². The van der Waals surface area contributed by atoms with Gasteiger partial charge in [-0.3, -0.25) is 0 Å². The molecule has 0 aliphatic heterocycles. The quantitative estimate of drug-likeness (QED) is 0.764. The third-order valence-corrected chi connectivity index (χ3v) is 2.76. The minimum absolute atomic E-state index is 0.0212. The number of rotatable bonds is 2. The van der Waals surface area contributed by atoms with Crippen LogP contribution in [0.5, 0.6) is 0 Å². The highest BCUT2D eigenvalue weighted by atomic mass is 19.1. The third kappa shape index (κ3) is 1.83. The van der Waals surface area contributed by atoms with Crippen LogP contribution in [0.3, 0.4) is 0 Å². The molecule has 0 saturated carbocycles. The lowest BCUT2D eigenvalue weighted by molar-refractivity contribution is 0.0691. The number of pyridine rings is 1. The van der Waals surface area contributed by atoms with Crippen LogP contribution in [0, 0.1) is 5.82 Å². The van der Waals surface area contributed by atoms with E-state index in [1.807, 2.05) is 0 Å². The maximum atomic E-state index is 13.8. The van der Waals surface area contributed by atoms with Crippen molar-refractivity contribution in [2.45, 2.75) is 0 Å². The second-order valence-electron chi connectivity index (χ2n) is 3.91. The number of hydrogen-bond acceptors (Lipinski definition) is 3. The molecule has 1 N–H and O–H groups in total. The van der Waals surface area contributed by atoms with E-state index in [0.717, 1.165) is 0 Å². The molecular weight excluding hydrogens is 249 g/mol. The molecule has 0 saturated heterocycles. The van der Waals surface area contributed by atoms with Crippen molar-refractivity contribution in [3.05, 3.63) is 54.2 Å². The molecule has 19 heavy (non-hydrogen) atoms. The standard InChI is InChI=1S/C13H8FN3O2/c14-9-3-5-11(17-7-1-6-15-17)8-2-4-10(13(18)19)16-12(8)9/h1-7H,(H,18,19). The first-order chi connectivity index (χ1) is 9.16. The molecule has 0 bridgehead atoms. The number of carbonyl (C=O) groups is 1. The fraction of sp³-hybridized carbons (Fsp3) is 0. The number of aromatic nitrogens is 3. The summed E-state index contributed by atoms with van der Waals surface area (Å²) in [5.41, 5.74) is 0.475. The smallest absolute Gasteiger partial charge is 0.354 e. The van der Waals surface area contributed by atoms with E-state index in [0.29, 0.717) is 11.1 Å². The zero-order chi connectivity index (χ0) is 13.4. The maximum absolute atomic E-state index is 13.8. The summed E-state index contributed by atoms with van der Waals surface area (Å²) in [6, 6.07) is 7.45. The Morgan fingerprint density at radius 3 is 2.79 bits per heavy atom. The molecule has 3 aromatic rings. The van der Waals surface area contributed by atoms with E-state index in [1.54, 1.807) is 29.2 Å². The summed E-state index contributed by atoms with van der Waals surface area (Å²) in [7, 11) is 0. The van der Waals surface area contributed by atoms with Gasteiger partial charge in [-0.25, -0.2) is 18.9 Å². The molecule has 0 atom stereocenters. The van der Waals surface area contributed by atoms with E-state index >= 15 is 0 Å². The van der Waals surface area contributed by atoms with Gasteiger partial charge in [0.05, 0.1) is 5.69 Å². The predicted molar refractivity (Wildman–Crippen MR) is 65.8 cm³/mol. The predicted octanol–water partition coefficient (Wildman–Crippen LogP) is 2.26. The van der Waals surface area contributed by atoms with Crippen LogP contribution in [0.1, 0.15) is 10.5 Å².